The summed E-state index contributed by atoms with van der Waals surface area (Å²) in [7, 11) is 1.57. The highest BCUT2D eigenvalue weighted by Crippen LogP contribution is 2.22. The van der Waals surface area contributed by atoms with Crippen LogP contribution >= 0.6 is 0 Å². The number of carbonyl (C=O) groups is 1. The summed E-state index contributed by atoms with van der Waals surface area (Å²) in [5.41, 5.74) is 1.74. The van der Waals surface area contributed by atoms with Gasteiger partial charge in [-0.15, -0.1) is 0 Å². The predicted octanol–water partition coefficient (Wildman–Crippen LogP) is 3.13. The van der Waals surface area contributed by atoms with E-state index >= 15 is 0 Å². The standard InChI is InChI=1S/C21H24N2O5/c1-13(2)21-23-18-9-14(7-8-19(18)28-21)20(25)22-11-15(24)12-27-17-6-4-5-16(10-17)26-3/h4-10,13,15,24H,11-12H2,1-3H3,(H,22,25)/t15-/m0/s1. The van der Waals surface area contributed by atoms with Crippen molar-refractivity contribution in [1.29, 1.82) is 0 Å². The van der Waals surface area contributed by atoms with Gasteiger partial charge in [0.15, 0.2) is 11.5 Å². The third kappa shape index (κ3) is 4.80. The first-order chi connectivity index (χ1) is 13.5. The van der Waals surface area contributed by atoms with Gasteiger partial charge in [0.25, 0.3) is 5.91 Å². The summed E-state index contributed by atoms with van der Waals surface area (Å²) in [6.45, 7) is 4.10. The molecular weight excluding hydrogens is 360 g/mol. The molecule has 7 heteroatoms. The molecule has 28 heavy (non-hydrogen) atoms. The molecule has 2 N–H and O–H groups in total. The Kier molecular flexibility index (Phi) is 6.16. The Morgan fingerprint density at radius 2 is 2.00 bits per heavy atom. The van der Waals surface area contributed by atoms with Crippen molar-refractivity contribution < 1.29 is 23.8 Å². The van der Waals surface area contributed by atoms with Crippen LogP contribution in [0, 0.1) is 0 Å². The Hall–Kier alpha value is -3.06. The minimum Gasteiger partial charge on any atom is -0.497 e. The number of aliphatic hydroxyl groups is 1. The quantitative estimate of drug-likeness (QED) is 0.620. The van der Waals surface area contributed by atoms with Gasteiger partial charge in [-0.1, -0.05) is 19.9 Å². The largest absolute Gasteiger partial charge is 0.497 e. The molecule has 0 saturated heterocycles. The number of benzene rings is 2. The maximum Gasteiger partial charge on any atom is 0.251 e. The first kappa shape index (κ1) is 19.7. The van der Waals surface area contributed by atoms with Gasteiger partial charge in [0.05, 0.1) is 7.11 Å². The van der Waals surface area contributed by atoms with E-state index in [9.17, 15) is 9.90 Å². The highest BCUT2D eigenvalue weighted by Gasteiger charge is 2.14. The molecule has 3 rings (SSSR count). The Morgan fingerprint density at radius 1 is 1.21 bits per heavy atom. The molecule has 1 atom stereocenters. The van der Waals surface area contributed by atoms with Gasteiger partial charge in [-0.3, -0.25) is 4.79 Å². The van der Waals surface area contributed by atoms with Crippen LogP contribution in [0.5, 0.6) is 11.5 Å². The fourth-order valence-corrected chi connectivity index (χ4v) is 2.59. The van der Waals surface area contributed by atoms with Gasteiger partial charge in [0.1, 0.15) is 29.7 Å². The van der Waals surface area contributed by atoms with E-state index in [1.54, 1.807) is 49.6 Å². The number of aliphatic hydroxyl groups excluding tert-OH is 1. The molecule has 3 aromatic rings. The lowest BCUT2D eigenvalue weighted by atomic mass is 10.2. The summed E-state index contributed by atoms with van der Waals surface area (Å²) in [6.07, 6.45) is -0.849. The number of ether oxygens (including phenoxy) is 2. The lowest BCUT2D eigenvalue weighted by Crippen LogP contribution is -2.35. The zero-order valence-corrected chi connectivity index (χ0v) is 16.1. The molecule has 0 unspecified atom stereocenters. The number of hydrogen-bond acceptors (Lipinski definition) is 6. The number of amides is 1. The maximum atomic E-state index is 12.4. The molecule has 2 aromatic carbocycles. The number of nitrogens with one attached hydrogen (secondary N) is 1. The van der Waals surface area contributed by atoms with Gasteiger partial charge in [-0.25, -0.2) is 4.98 Å². The molecule has 0 spiro atoms. The first-order valence-electron chi connectivity index (χ1n) is 9.10. The van der Waals surface area contributed by atoms with Crippen LogP contribution in [0.2, 0.25) is 0 Å². The van der Waals surface area contributed by atoms with E-state index in [0.29, 0.717) is 34.1 Å². The van der Waals surface area contributed by atoms with E-state index in [2.05, 4.69) is 10.3 Å². The molecule has 1 aromatic heterocycles. The third-order valence-corrected chi connectivity index (χ3v) is 4.14. The molecule has 148 valence electrons. The number of rotatable bonds is 8. The highest BCUT2D eigenvalue weighted by molar-refractivity contribution is 5.97. The molecule has 1 heterocycles. The molecule has 0 bridgehead atoms. The van der Waals surface area contributed by atoms with Crippen molar-refractivity contribution >= 4 is 17.0 Å². The number of aromatic nitrogens is 1. The Morgan fingerprint density at radius 3 is 2.75 bits per heavy atom. The van der Waals surface area contributed by atoms with Crippen LogP contribution in [0.4, 0.5) is 0 Å². The SMILES string of the molecule is COc1cccc(OC[C@@H](O)CNC(=O)c2ccc3oc(C(C)C)nc3c2)c1. The second-order valence-electron chi connectivity index (χ2n) is 6.74. The number of fused-ring (bicyclic) bond motifs is 1. The van der Waals surface area contributed by atoms with E-state index in [1.165, 1.54) is 0 Å². The zero-order chi connectivity index (χ0) is 20.1. The van der Waals surface area contributed by atoms with Crippen molar-refractivity contribution in [3.8, 4) is 11.5 Å². The van der Waals surface area contributed by atoms with Crippen LogP contribution in [-0.4, -0.2) is 42.4 Å². The summed E-state index contributed by atoms with van der Waals surface area (Å²) < 4.78 is 16.3. The molecule has 0 saturated carbocycles. The van der Waals surface area contributed by atoms with Gasteiger partial charge in [0.2, 0.25) is 0 Å². The number of nitrogens with zero attached hydrogens (tertiary/aromatic N) is 1. The van der Waals surface area contributed by atoms with Gasteiger partial charge in [0, 0.05) is 24.1 Å². The lowest BCUT2D eigenvalue weighted by Gasteiger charge is -2.14. The Labute approximate surface area is 163 Å². The zero-order valence-electron chi connectivity index (χ0n) is 16.1. The van der Waals surface area contributed by atoms with Crippen molar-refractivity contribution in [2.75, 3.05) is 20.3 Å². The Bertz CT molecular complexity index is 951. The molecular formula is C21H24N2O5. The van der Waals surface area contributed by atoms with Crippen molar-refractivity contribution in [2.24, 2.45) is 0 Å². The minimum atomic E-state index is -0.849. The van der Waals surface area contributed by atoms with Gasteiger partial charge in [-0.05, 0) is 30.3 Å². The third-order valence-electron chi connectivity index (χ3n) is 4.14. The second-order valence-corrected chi connectivity index (χ2v) is 6.74. The molecule has 7 nitrogen and oxygen atoms in total. The average Bonchev–Trinajstić information content (AvgIpc) is 3.14. The number of hydrogen-bond donors (Lipinski definition) is 2. The maximum absolute atomic E-state index is 12.4. The van der Waals surface area contributed by atoms with Crippen LogP contribution in [0.15, 0.2) is 46.9 Å². The number of methoxy groups -OCH3 is 1. The molecule has 0 aliphatic carbocycles. The predicted molar refractivity (Wildman–Crippen MR) is 105 cm³/mol. The molecule has 1 amide bonds. The fraction of sp³-hybridized carbons (Fsp3) is 0.333. The molecule has 0 fully saturated rings. The van der Waals surface area contributed by atoms with E-state index in [1.807, 2.05) is 13.8 Å². The average molecular weight is 384 g/mol. The van der Waals surface area contributed by atoms with Crippen LogP contribution in [-0.2, 0) is 0 Å². The second kappa shape index (κ2) is 8.75. The summed E-state index contributed by atoms with van der Waals surface area (Å²) in [5.74, 6) is 1.77. The number of carbonyl (C=O) groups excluding carboxylic acids is 1. The van der Waals surface area contributed by atoms with Crippen LogP contribution in [0.1, 0.15) is 36.0 Å². The normalized spacial score (nSPS) is 12.2. The smallest absolute Gasteiger partial charge is 0.251 e. The first-order valence-corrected chi connectivity index (χ1v) is 9.10. The Balaban J connectivity index is 1.53. The van der Waals surface area contributed by atoms with Crippen LogP contribution in [0.3, 0.4) is 0 Å². The molecule has 0 radical (unpaired) electrons. The van der Waals surface area contributed by atoms with Crippen LogP contribution < -0.4 is 14.8 Å². The van der Waals surface area contributed by atoms with Crippen molar-refractivity contribution in [3.63, 3.8) is 0 Å². The summed E-state index contributed by atoms with van der Waals surface area (Å²) in [5, 5.41) is 12.8. The van der Waals surface area contributed by atoms with Crippen molar-refractivity contribution in [3.05, 3.63) is 53.9 Å². The monoisotopic (exact) mass is 384 g/mol. The number of oxazole rings is 1. The summed E-state index contributed by atoms with van der Waals surface area (Å²) >= 11 is 0. The van der Waals surface area contributed by atoms with Gasteiger partial charge >= 0.3 is 0 Å². The van der Waals surface area contributed by atoms with E-state index in [-0.39, 0.29) is 25.0 Å². The van der Waals surface area contributed by atoms with Gasteiger partial charge < -0.3 is 24.3 Å². The minimum absolute atomic E-state index is 0.0491. The molecule has 0 aliphatic heterocycles. The summed E-state index contributed by atoms with van der Waals surface area (Å²) in [4.78, 5) is 16.8. The van der Waals surface area contributed by atoms with Gasteiger partial charge in [-0.2, -0.15) is 0 Å². The topological polar surface area (TPSA) is 93.8 Å². The van der Waals surface area contributed by atoms with Crippen LogP contribution in [0.25, 0.3) is 11.1 Å². The van der Waals surface area contributed by atoms with E-state index in [4.69, 9.17) is 13.9 Å². The van der Waals surface area contributed by atoms with E-state index in [0.717, 1.165) is 0 Å². The highest BCUT2D eigenvalue weighted by atomic mass is 16.5. The van der Waals surface area contributed by atoms with E-state index < -0.39 is 6.10 Å². The molecule has 0 aliphatic rings. The fourth-order valence-electron chi connectivity index (χ4n) is 2.59. The van der Waals surface area contributed by atoms with Crippen molar-refractivity contribution in [1.82, 2.24) is 10.3 Å². The van der Waals surface area contributed by atoms with Crippen molar-refractivity contribution in [2.45, 2.75) is 25.9 Å². The lowest BCUT2D eigenvalue weighted by molar-refractivity contribution is 0.0843. The summed E-state index contributed by atoms with van der Waals surface area (Å²) in [6, 6.07) is 12.2.